The van der Waals surface area contributed by atoms with Crippen LogP contribution < -0.4 is 25.9 Å². The van der Waals surface area contributed by atoms with Gasteiger partial charge in [0, 0.05) is 41.5 Å². The number of morpholine rings is 1. The van der Waals surface area contributed by atoms with Gasteiger partial charge in [0.2, 0.25) is 0 Å². The molecule has 1 fully saturated rings. The second kappa shape index (κ2) is 10.5. The van der Waals surface area contributed by atoms with Crippen molar-refractivity contribution in [2.45, 2.75) is 13.5 Å². The van der Waals surface area contributed by atoms with Crippen LogP contribution in [0.4, 0.5) is 10.3 Å². The van der Waals surface area contributed by atoms with E-state index in [-0.39, 0.29) is 39.8 Å². The first-order valence-electron chi connectivity index (χ1n) is 12.1. The third kappa shape index (κ3) is 4.90. The molecule has 1 saturated heterocycles. The number of methoxy groups -OCH3 is 1. The molecule has 1 amide bonds. The van der Waals surface area contributed by atoms with Crippen LogP contribution in [0.25, 0.3) is 22.1 Å². The number of amides is 1. The molecular weight excluding hydrogens is 493 g/mol. The Morgan fingerprint density at radius 1 is 1.11 bits per heavy atom. The molecule has 5 rings (SSSR count). The molecule has 1 aliphatic heterocycles. The van der Waals surface area contributed by atoms with Crippen molar-refractivity contribution in [2.24, 2.45) is 0 Å². The molecule has 196 valence electrons. The molecule has 0 unspecified atom stereocenters. The van der Waals surface area contributed by atoms with Crippen LogP contribution >= 0.6 is 0 Å². The van der Waals surface area contributed by atoms with Crippen molar-refractivity contribution in [1.82, 2.24) is 10.3 Å². The van der Waals surface area contributed by atoms with Crippen LogP contribution in [0.1, 0.15) is 21.6 Å². The average molecular weight is 520 g/mol. The van der Waals surface area contributed by atoms with E-state index in [1.54, 1.807) is 31.2 Å². The Hall–Kier alpha value is -4.44. The highest BCUT2D eigenvalue weighted by molar-refractivity contribution is 5.96. The summed E-state index contributed by atoms with van der Waals surface area (Å²) in [6, 6.07) is 12.1. The van der Waals surface area contributed by atoms with Crippen LogP contribution in [0.3, 0.4) is 0 Å². The number of H-pyrrole nitrogens is 1. The second-order valence-electron chi connectivity index (χ2n) is 8.94. The number of benzene rings is 2. The monoisotopic (exact) mass is 519 g/mol. The minimum atomic E-state index is -0.657. The topological polar surface area (TPSA) is 114 Å². The SMILES string of the molecule is COc1cc(C)[nH]c(=O)c1CNC(=O)c1ccc(-c2cccc3c(=O)cc(N4CCOCC4)oc23)c(F)c1. The lowest BCUT2D eigenvalue weighted by atomic mass is 10.0. The summed E-state index contributed by atoms with van der Waals surface area (Å²) in [5.41, 5.74) is 1.20. The maximum atomic E-state index is 15.4. The molecule has 0 aliphatic carbocycles. The van der Waals surface area contributed by atoms with Crippen molar-refractivity contribution in [3.05, 3.63) is 91.7 Å². The van der Waals surface area contributed by atoms with E-state index in [4.69, 9.17) is 13.9 Å². The van der Waals surface area contributed by atoms with E-state index in [9.17, 15) is 14.4 Å². The zero-order valence-electron chi connectivity index (χ0n) is 20.9. The smallest absolute Gasteiger partial charge is 0.256 e. The number of halogens is 1. The van der Waals surface area contributed by atoms with E-state index in [2.05, 4.69) is 10.3 Å². The van der Waals surface area contributed by atoms with Crippen molar-refractivity contribution in [2.75, 3.05) is 38.3 Å². The molecule has 0 spiro atoms. The van der Waals surface area contributed by atoms with Gasteiger partial charge in [-0.15, -0.1) is 0 Å². The molecule has 4 aromatic rings. The quantitative estimate of drug-likeness (QED) is 0.402. The van der Waals surface area contributed by atoms with Crippen molar-refractivity contribution in [3.8, 4) is 16.9 Å². The number of nitrogens with one attached hydrogen (secondary N) is 2. The number of aromatic amines is 1. The number of nitrogens with zero attached hydrogens (tertiary/aromatic N) is 1. The van der Waals surface area contributed by atoms with E-state index < -0.39 is 11.7 Å². The molecule has 0 radical (unpaired) electrons. The van der Waals surface area contributed by atoms with E-state index in [1.807, 2.05) is 4.90 Å². The predicted molar refractivity (Wildman–Crippen MR) is 140 cm³/mol. The van der Waals surface area contributed by atoms with Crippen molar-refractivity contribution < 1.29 is 23.1 Å². The van der Waals surface area contributed by atoms with Gasteiger partial charge in [0.05, 0.1) is 37.8 Å². The second-order valence-corrected chi connectivity index (χ2v) is 8.94. The van der Waals surface area contributed by atoms with Gasteiger partial charge in [-0.3, -0.25) is 14.4 Å². The Labute approximate surface area is 216 Å². The summed E-state index contributed by atoms with van der Waals surface area (Å²) in [4.78, 5) is 42.5. The van der Waals surface area contributed by atoms with Crippen LogP contribution in [0.15, 0.2) is 62.5 Å². The maximum absolute atomic E-state index is 15.4. The van der Waals surface area contributed by atoms with Gasteiger partial charge in [-0.1, -0.05) is 18.2 Å². The number of aryl methyl sites for hydroxylation is 1. The average Bonchev–Trinajstić information content (AvgIpc) is 2.92. The highest BCUT2D eigenvalue weighted by atomic mass is 19.1. The summed E-state index contributed by atoms with van der Waals surface area (Å²) in [6.07, 6.45) is 0. The third-order valence-electron chi connectivity index (χ3n) is 6.46. The summed E-state index contributed by atoms with van der Waals surface area (Å²) in [5.74, 6) is -0.468. The highest BCUT2D eigenvalue weighted by Gasteiger charge is 2.19. The fourth-order valence-corrected chi connectivity index (χ4v) is 4.50. The lowest BCUT2D eigenvalue weighted by molar-refractivity contribution is 0.0950. The van der Waals surface area contributed by atoms with E-state index in [0.717, 1.165) is 6.07 Å². The van der Waals surface area contributed by atoms with Gasteiger partial charge < -0.3 is 29.1 Å². The van der Waals surface area contributed by atoms with Crippen LogP contribution in [0, 0.1) is 12.7 Å². The van der Waals surface area contributed by atoms with E-state index in [1.165, 1.54) is 25.3 Å². The molecule has 38 heavy (non-hydrogen) atoms. The van der Waals surface area contributed by atoms with Crippen LogP contribution in [-0.2, 0) is 11.3 Å². The largest absolute Gasteiger partial charge is 0.496 e. The molecule has 1 aliphatic rings. The zero-order chi connectivity index (χ0) is 26.8. The normalized spacial score (nSPS) is 13.5. The minimum Gasteiger partial charge on any atom is -0.496 e. The molecule has 10 heteroatoms. The predicted octanol–water partition coefficient (Wildman–Crippen LogP) is 3.37. The number of rotatable bonds is 6. The number of hydrogen-bond acceptors (Lipinski definition) is 7. The van der Waals surface area contributed by atoms with Crippen molar-refractivity contribution in [1.29, 1.82) is 0 Å². The Kier molecular flexibility index (Phi) is 6.97. The van der Waals surface area contributed by atoms with E-state index in [0.29, 0.717) is 54.6 Å². The molecular formula is C28H26FN3O6. The van der Waals surface area contributed by atoms with Gasteiger partial charge in [-0.2, -0.15) is 0 Å². The summed E-state index contributed by atoms with van der Waals surface area (Å²) in [5, 5.41) is 2.97. The number of pyridine rings is 1. The lowest BCUT2D eigenvalue weighted by Crippen LogP contribution is -2.36. The number of carbonyl (C=O) groups is 1. The van der Waals surface area contributed by atoms with Crippen molar-refractivity contribution >= 4 is 22.8 Å². The number of carbonyl (C=O) groups excluding carboxylic acids is 1. The molecule has 0 saturated carbocycles. The van der Waals surface area contributed by atoms with Gasteiger partial charge in [-0.05, 0) is 31.2 Å². The molecule has 2 aromatic heterocycles. The first-order chi connectivity index (χ1) is 18.4. The minimum absolute atomic E-state index is 0.0736. The summed E-state index contributed by atoms with van der Waals surface area (Å²) < 4.78 is 32.1. The summed E-state index contributed by atoms with van der Waals surface area (Å²) in [7, 11) is 1.44. The standard InChI is InChI=1S/C28H26FN3O6/c1-16-12-24(36-2)21(28(35)31-16)15-30-27(34)17-6-7-18(22(29)13-17)19-4-3-5-20-23(33)14-25(38-26(19)20)32-8-10-37-11-9-32/h3-7,12-14H,8-11,15H2,1-2H3,(H,30,34)(H,31,35). The Balaban J connectivity index is 1.44. The zero-order valence-corrected chi connectivity index (χ0v) is 20.9. The maximum Gasteiger partial charge on any atom is 0.256 e. The highest BCUT2D eigenvalue weighted by Crippen LogP contribution is 2.32. The number of anilines is 1. The van der Waals surface area contributed by atoms with Crippen LogP contribution in [0.2, 0.25) is 0 Å². The van der Waals surface area contributed by atoms with Crippen LogP contribution in [0.5, 0.6) is 5.75 Å². The third-order valence-corrected chi connectivity index (χ3v) is 6.46. The lowest BCUT2D eigenvalue weighted by Gasteiger charge is -2.27. The fraction of sp³-hybridized carbons (Fsp3) is 0.250. The Bertz CT molecular complexity index is 1640. The molecule has 0 bridgehead atoms. The number of aromatic nitrogens is 1. The first-order valence-corrected chi connectivity index (χ1v) is 12.1. The van der Waals surface area contributed by atoms with Gasteiger partial charge >= 0.3 is 0 Å². The Morgan fingerprint density at radius 2 is 1.89 bits per heavy atom. The van der Waals surface area contributed by atoms with Gasteiger partial charge in [0.1, 0.15) is 17.1 Å². The number of para-hydroxylation sites is 1. The molecule has 2 aromatic carbocycles. The molecule has 0 atom stereocenters. The number of fused-ring (bicyclic) bond motifs is 1. The van der Waals surface area contributed by atoms with Gasteiger partial charge in [0.25, 0.3) is 11.5 Å². The van der Waals surface area contributed by atoms with E-state index >= 15 is 4.39 Å². The first kappa shape index (κ1) is 25.2. The van der Waals surface area contributed by atoms with Crippen molar-refractivity contribution in [3.63, 3.8) is 0 Å². The fourth-order valence-electron chi connectivity index (χ4n) is 4.50. The number of hydrogen-bond donors (Lipinski definition) is 2. The molecule has 9 nitrogen and oxygen atoms in total. The Morgan fingerprint density at radius 3 is 2.63 bits per heavy atom. The molecule has 3 heterocycles. The van der Waals surface area contributed by atoms with Gasteiger partial charge in [0.15, 0.2) is 11.3 Å². The van der Waals surface area contributed by atoms with Gasteiger partial charge in [-0.25, -0.2) is 4.39 Å². The van der Waals surface area contributed by atoms with Crippen LogP contribution in [-0.4, -0.2) is 44.3 Å². The summed E-state index contributed by atoms with van der Waals surface area (Å²) in [6.45, 7) is 3.82. The number of ether oxygens (including phenoxy) is 2. The molecule has 2 N–H and O–H groups in total. The summed E-state index contributed by atoms with van der Waals surface area (Å²) >= 11 is 0.